The number of rotatable bonds is 3. The Morgan fingerprint density at radius 2 is 1.90 bits per heavy atom. The van der Waals surface area contributed by atoms with E-state index in [4.69, 9.17) is 16.0 Å². The van der Waals surface area contributed by atoms with E-state index in [9.17, 15) is 13.6 Å². The highest BCUT2D eigenvalue weighted by atomic mass is 35.5. The molecule has 21 heavy (non-hydrogen) atoms. The third kappa shape index (κ3) is 2.54. The Bertz CT molecular complexity index is 839. The van der Waals surface area contributed by atoms with E-state index >= 15 is 0 Å². The normalized spacial score (nSPS) is 11.0. The van der Waals surface area contributed by atoms with Crippen LogP contribution in [0.5, 0.6) is 0 Å². The van der Waals surface area contributed by atoms with Crippen LogP contribution in [0.1, 0.15) is 16.1 Å². The smallest absolute Gasteiger partial charge is 0.202 e. The molecule has 5 heteroatoms. The van der Waals surface area contributed by atoms with Crippen molar-refractivity contribution in [2.75, 3.05) is 0 Å². The van der Waals surface area contributed by atoms with Crippen molar-refractivity contribution in [1.82, 2.24) is 0 Å². The van der Waals surface area contributed by atoms with Crippen LogP contribution in [0.2, 0.25) is 5.02 Å². The number of hydrogen-bond donors (Lipinski definition) is 0. The van der Waals surface area contributed by atoms with E-state index in [1.807, 2.05) is 0 Å². The van der Waals surface area contributed by atoms with Crippen LogP contribution in [-0.2, 0) is 6.42 Å². The average molecular weight is 307 g/mol. The Balaban J connectivity index is 1.94. The van der Waals surface area contributed by atoms with Gasteiger partial charge < -0.3 is 4.42 Å². The summed E-state index contributed by atoms with van der Waals surface area (Å²) in [5.41, 5.74) is 0.397. The Kier molecular flexibility index (Phi) is 3.47. The number of benzene rings is 2. The number of carbonyl (C=O) groups is 1. The number of carbonyl (C=O) groups excluding carboxylic acids is 1. The molecule has 0 amide bonds. The molecule has 0 aliphatic heterocycles. The number of ketones is 1. The molecule has 106 valence electrons. The fraction of sp³-hybridized carbons (Fsp3) is 0.0625. The van der Waals surface area contributed by atoms with Crippen LogP contribution in [0.25, 0.3) is 11.0 Å². The summed E-state index contributed by atoms with van der Waals surface area (Å²) >= 11 is 5.97. The van der Waals surface area contributed by atoms with Gasteiger partial charge in [-0.25, -0.2) is 8.78 Å². The molecule has 2 aromatic carbocycles. The Hall–Kier alpha value is -2.20. The lowest BCUT2D eigenvalue weighted by molar-refractivity contribution is 0.0967. The highest BCUT2D eigenvalue weighted by molar-refractivity contribution is 6.34. The molecular weight excluding hydrogens is 298 g/mol. The van der Waals surface area contributed by atoms with E-state index in [2.05, 4.69) is 0 Å². The van der Waals surface area contributed by atoms with Gasteiger partial charge in [-0.3, -0.25) is 4.79 Å². The monoisotopic (exact) mass is 306 g/mol. The van der Waals surface area contributed by atoms with E-state index in [1.165, 1.54) is 12.1 Å². The lowest BCUT2D eigenvalue weighted by Gasteiger charge is -2.01. The summed E-state index contributed by atoms with van der Waals surface area (Å²) in [5.74, 6) is -2.36. The van der Waals surface area contributed by atoms with Gasteiger partial charge in [0.15, 0.2) is 23.0 Å². The Morgan fingerprint density at radius 1 is 1.14 bits per heavy atom. The molecule has 3 aromatic rings. The van der Waals surface area contributed by atoms with E-state index in [-0.39, 0.29) is 17.7 Å². The van der Waals surface area contributed by atoms with Gasteiger partial charge in [-0.05, 0) is 23.8 Å². The van der Waals surface area contributed by atoms with Crippen molar-refractivity contribution >= 4 is 28.4 Å². The van der Waals surface area contributed by atoms with Gasteiger partial charge in [-0.1, -0.05) is 35.9 Å². The zero-order chi connectivity index (χ0) is 15.0. The van der Waals surface area contributed by atoms with Gasteiger partial charge in [0, 0.05) is 11.8 Å². The van der Waals surface area contributed by atoms with Crippen molar-refractivity contribution in [1.29, 1.82) is 0 Å². The minimum Gasteiger partial charge on any atom is -0.451 e. The molecule has 0 radical (unpaired) electrons. The first kappa shape index (κ1) is 13.8. The number of para-hydroxylation sites is 1. The summed E-state index contributed by atoms with van der Waals surface area (Å²) in [6.45, 7) is 0. The number of fused-ring (bicyclic) bond motifs is 1. The Morgan fingerprint density at radius 3 is 2.67 bits per heavy atom. The van der Waals surface area contributed by atoms with Crippen LogP contribution >= 0.6 is 11.6 Å². The molecule has 0 saturated heterocycles. The molecule has 0 aliphatic carbocycles. The van der Waals surface area contributed by atoms with Crippen molar-refractivity contribution in [2.45, 2.75) is 6.42 Å². The molecule has 0 fully saturated rings. The largest absolute Gasteiger partial charge is 0.451 e. The second kappa shape index (κ2) is 5.30. The first-order chi connectivity index (χ1) is 10.1. The van der Waals surface area contributed by atoms with Crippen LogP contribution in [0.3, 0.4) is 0 Å². The topological polar surface area (TPSA) is 30.2 Å². The maximum atomic E-state index is 13.6. The molecule has 0 atom stereocenters. The summed E-state index contributed by atoms with van der Waals surface area (Å²) in [6, 6.07) is 10.4. The molecule has 0 unspecified atom stereocenters. The molecule has 0 aliphatic rings. The summed E-state index contributed by atoms with van der Waals surface area (Å²) in [4.78, 5) is 12.1. The summed E-state index contributed by atoms with van der Waals surface area (Å²) in [6.07, 6.45) is -0.277. The highest BCUT2D eigenvalue weighted by Gasteiger charge is 2.17. The van der Waals surface area contributed by atoms with Crippen LogP contribution in [0.4, 0.5) is 8.78 Å². The van der Waals surface area contributed by atoms with Gasteiger partial charge in [-0.2, -0.15) is 0 Å². The van der Waals surface area contributed by atoms with Crippen molar-refractivity contribution in [3.05, 3.63) is 70.4 Å². The zero-order valence-corrected chi connectivity index (χ0v) is 11.5. The zero-order valence-electron chi connectivity index (χ0n) is 10.7. The first-order valence-electron chi connectivity index (χ1n) is 6.20. The average Bonchev–Trinajstić information content (AvgIpc) is 2.89. The molecule has 0 spiro atoms. The lowest BCUT2D eigenvalue weighted by Crippen LogP contribution is -2.05. The quantitative estimate of drug-likeness (QED) is 0.651. The second-order valence-corrected chi connectivity index (χ2v) is 4.99. The molecule has 2 nitrogen and oxygen atoms in total. The van der Waals surface area contributed by atoms with Gasteiger partial charge in [0.05, 0.1) is 5.02 Å². The third-order valence-electron chi connectivity index (χ3n) is 3.15. The molecule has 1 aromatic heterocycles. The molecular formula is C16H9ClF2O2. The van der Waals surface area contributed by atoms with E-state index in [0.29, 0.717) is 16.0 Å². The maximum absolute atomic E-state index is 13.6. The second-order valence-electron chi connectivity index (χ2n) is 4.58. The van der Waals surface area contributed by atoms with E-state index < -0.39 is 17.4 Å². The summed E-state index contributed by atoms with van der Waals surface area (Å²) in [7, 11) is 0. The van der Waals surface area contributed by atoms with Crippen molar-refractivity contribution in [2.24, 2.45) is 0 Å². The number of halogens is 3. The van der Waals surface area contributed by atoms with Crippen LogP contribution in [0.15, 0.2) is 46.9 Å². The number of Topliss-reactive ketones (excluding diaryl/α,β-unsaturated/α-hetero) is 1. The molecule has 0 N–H and O–H groups in total. The van der Waals surface area contributed by atoms with Gasteiger partial charge >= 0.3 is 0 Å². The van der Waals surface area contributed by atoms with Crippen molar-refractivity contribution < 1.29 is 18.0 Å². The minimum atomic E-state index is -1.01. The summed E-state index contributed by atoms with van der Waals surface area (Å²) in [5, 5.41) is 1.08. The fourth-order valence-corrected chi connectivity index (χ4v) is 2.33. The highest BCUT2D eigenvalue weighted by Crippen LogP contribution is 2.27. The molecule has 3 rings (SSSR count). The summed E-state index contributed by atoms with van der Waals surface area (Å²) < 4.78 is 32.1. The maximum Gasteiger partial charge on any atom is 0.202 e. The third-order valence-corrected chi connectivity index (χ3v) is 3.45. The van der Waals surface area contributed by atoms with Gasteiger partial charge in [-0.15, -0.1) is 0 Å². The molecule has 0 saturated carbocycles. The lowest BCUT2D eigenvalue weighted by atomic mass is 10.1. The van der Waals surface area contributed by atoms with Crippen LogP contribution in [0, 0.1) is 11.6 Å². The SMILES string of the molecule is O=C(Cc1cccc(F)c1F)c1cc2cccc(Cl)c2o1. The fourth-order valence-electron chi connectivity index (χ4n) is 2.11. The Labute approximate surface area is 123 Å². The molecule has 1 heterocycles. The molecule has 0 bridgehead atoms. The van der Waals surface area contributed by atoms with Crippen LogP contribution in [-0.4, -0.2) is 5.78 Å². The van der Waals surface area contributed by atoms with Crippen LogP contribution < -0.4 is 0 Å². The predicted octanol–water partition coefficient (Wildman–Crippen LogP) is 4.79. The van der Waals surface area contributed by atoms with Gasteiger partial charge in [0.2, 0.25) is 5.78 Å². The van der Waals surface area contributed by atoms with Crippen molar-refractivity contribution in [3.8, 4) is 0 Å². The van der Waals surface area contributed by atoms with Gasteiger partial charge in [0.25, 0.3) is 0 Å². The number of furan rings is 1. The van der Waals surface area contributed by atoms with Gasteiger partial charge in [0.1, 0.15) is 0 Å². The minimum absolute atomic E-state index is 0.00782. The predicted molar refractivity (Wildman–Crippen MR) is 75.6 cm³/mol. The number of hydrogen-bond acceptors (Lipinski definition) is 2. The standard InChI is InChI=1S/C16H9ClF2O2/c17-11-5-1-4-10-8-14(21-16(10)11)13(20)7-9-3-2-6-12(18)15(9)19/h1-6,8H,7H2. The van der Waals surface area contributed by atoms with E-state index in [1.54, 1.807) is 24.3 Å². The first-order valence-corrected chi connectivity index (χ1v) is 6.58. The van der Waals surface area contributed by atoms with E-state index in [0.717, 1.165) is 6.07 Å². The van der Waals surface area contributed by atoms with Crippen molar-refractivity contribution in [3.63, 3.8) is 0 Å².